The van der Waals surface area contributed by atoms with Crippen LogP contribution in [0.1, 0.15) is 49.6 Å². The third-order valence-electron chi connectivity index (χ3n) is 4.89. The first kappa shape index (κ1) is 16.5. The van der Waals surface area contributed by atoms with E-state index in [0.29, 0.717) is 32.6 Å². The maximum atomic E-state index is 10.6. The van der Waals surface area contributed by atoms with Gasteiger partial charge in [0.1, 0.15) is 11.3 Å². The lowest BCUT2D eigenvalue weighted by atomic mass is 9.94. The lowest BCUT2D eigenvalue weighted by molar-refractivity contribution is -0.0628. The van der Waals surface area contributed by atoms with Crippen LogP contribution in [-0.2, 0) is 11.2 Å². The average molecular weight is 317 g/mol. The number of aryl methyl sites for hydroxylation is 2. The number of fused-ring (bicyclic) bond motifs is 1. The largest absolute Gasteiger partial charge is 0.459 e. The lowest BCUT2D eigenvalue weighted by Crippen LogP contribution is -2.45. The van der Waals surface area contributed by atoms with Gasteiger partial charge in [-0.15, -0.1) is 0 Å². The van der Waals surface area contributed by atoms with E-state index < -0.39 is 5.60 Å². The Morgan fingerprint density at radius 2 is 2.04 bits per heavy atom. The van der Waals surface area contributed by atoms with Crippen LogP contribution in [0.15, 0.2) is 22.6 Å². The molecule has 2 N–H and O–H groups in total. The van der Waals surface area contributed by atoms with Gasteiger partial charge in [0.2, 0.25) is 0 Å². The highest BCUT2D eigenvalue weighted by Gasteiger charge is 2.30. The molecule has 0 amide bonds. The molecule has 0 saturated carbocycles. The first-order valence-electron chi connectivity index (χ1n) is 8.58. The first-order valence-corrected chi connectivity index (χ1v) is 8.58. The van der Waals surface area contributed by atoms with Crippen LogP contribution < -0.4 is 5.32 Å². The van der Waals surface area contributed by atoms with E-state index >= 15 is 0 Å². The van der Waals surface area contributed by atoms with Crippen LogP contribution in [0.2, 0.25) is 0 Å². The van der Waals surface area contributed by atoms with E-state index in [1.54, 1.807) is 0 Å². The van der Waals surface area contributed by atoms with Crippen molar-refractivity contribution in [2.75, 3.05) is 19.8 Å². The second-order valence-electron chi connectivity index (χ2n) is 6.74. The number of aliphatic hydroxyl groups is 1. The standard InChI is InChI=1S/C19H27NO3/c1-4-15-16-11-13(2)5-6-17(16)23-18(15)14(3)20-12-19(21)7-9-22-10-8-19/h5-6,11,14,20-21H,4,7-10,12H2,1-3H3. The SMILES string of the molecule is CCc1c(C(C)NCC2(O)CCOCC2)oc2ccc(C)cc12. The Morgan fingerprint density at radius 1 is 1.30 bits per heavy atom. The maximum Gasteiger partial charge on any atom is 0.134 e. The van der Waals surface area contributed by atoms with Crippen molar-refractivity contribution in [1.82, 2.24) is 5.32 Å². The third-order valence-corrected chi connectivity index (χ3v) is 4.89. The molecule has 2 aromatic rings. The fraction of sp³-hybridized carbons (Fsp3) is 0.579. The summed E-state index contributed by atoms with van der Waals surface area (Å²) in [6.45, 7) is 8.21. The van der Waals surface area contributed by atoms with Crippen molar-refractivity contribution in [3.05, 3.63) is 35.1 Å². The Hall–Kier alpha value is -1.36. The van der Waals surface area contributed by atoms with Crippen molar-refractivity contribution in [1.29, 1.82) is 0 Å². The van der Waals surface area contributed by atoms with Crippen molar-refractivity contribution >= 4 is 11.0 Å². The van der Waals surface area contributed by atoms with Gasteiger partial charge in [0.15, 0.2) is 0 Å². The second kappa shape index (κ2) is 6.63. The van der Waals surface area contributed by atoms with E-state index in [4.69, 9.17) is 9.15 Å². The smallest absolute Gasteiger partial charge is 0.134 e. The van der Waals surface area contributed by atoms with Gasteiger partial charge in [-0.25, -0.2) is 0 Å². The van der Waals surface area contributed by atoms with Gasteiger partial charge >= 0.3 is 0 Å². The predicted molar refractivity (Wildman–Crippen MR) is 91.7 cm³/mol. The molecule has 4 nitrogen and oxygen atoms in total. The molecule has 1 atom stereocenters. The summed E-state index contributed by atoms with van der Waals surface area (Å²) in [5, 5.41) is 15.3. The number of benzene rings is 1. The fourth-order valence-corrected chi connectivity index (χ4v) is 3.36. The third kappa shape index (κ3) is 3.44. The molecule has 0 spiro atoms. The average Bonchev–Trinajstić information content (AvgIpc) is 2.91. The number of furan rings is 1. The molecule has 1 unspecified atom stereocenters. The van der Waals surface area contributed by atoms with Crippen molar-refractivity contribution in [2.45, 2.75) is 51.7 Å². The van der Waals surface area contributed by atoms with Gasteiger partial charge in [0.05, 0.1) is 11.6 Å². The molecule has 1 aliphatic rings. The van der Waals surface area contributed by atoms with Crippen LogP contribution >= 0.6 is 0 Å². The molecule has 1 aromatic carbocycles. The summed E-state index contributed by atoms with van der Waals surface area (Å²) in [6.07, 6.45) is 2.31. The minimum Gasteiger partial charge on any atom is -0.459 e. The number of rotatable bonds is 5. The summed E-state index contributed by atoms with van der Waals surface area (Å²) in [7, 11) is 0. The molecule has 0 radical (unpaired) electrons. The zero-order valence-corrected chi connectivity index (χ0v) is 14.3. The maximum absolute atomic E-state index is 10.6. The molecular weight excluding hydrogens is 290 g/mol. The van der Waals surface area contributed by atoms with E-state index in [2.05, 4.69) is 38.2 Å². The van der Waals surface area contributed by atoms with Gasteiger partial charge in [0.25, 0.3) is 0 Å². The molecule has 2 heterocycles. The van der Waals surface area contributed by atoms with Crippen molar-refractivity contribution in [2.24, 2.45) is 0 Å². The van der Waals surface area contributed by atoms with Gasteiger partial charge < -0.3 is 19.6 Å². The minimum absolute atomic E-state index is 0.0736. The quantitative estimate of drug-likeness (QED) is 0.886. The zero-order chi connectivity index (χ0) is 16.4. The van der Waals surface area contributed by atoms with Gasteiger partial charge in [-0.3, -0.25) is 0 Å². The monoisotopic (exact) mass is 317 g/mol. The van der Waals surface area contributed by atoms with Crippen molar-refractivity contribution in [3.63, 3.8) is 0 Å². The van der Waals surface area contributed by atoms with Crippen LogP contribution in [0.3, 0.4) is 0 Å². The fourth-order valence-electron chi connectivity index (χ4n) is 3.36. The van der Waals surface area contributed by atoms with Gasteiger partial charge in [-0.1, -0.05) is 18.6 Å². The van der Waals surface area contributed by atoms with Gasteiger partial charge in [0, 0.05) is 43.5 Å². The van der Waals surface area contributed by atoms with E-state index in [9.17, 15) is 5.11 Å². The Morgan fingerprint density at radius 3 is 2.74 bits per heavy atom. The summed E-state index contributed by atoms with van der Waals surface area (Å²) >= 11 is 0. The first-order chi connectivity index (χ1) is 11.0. The van der Waals surface area contributed by atoms with E-state index in [1.165, 1.54) is 16.5 Å². The summed E-state index contributed by atoms with van der Waals surface area (Å²) in [5.41, 5.74) is 2.79. The molecule has 1 saturated heterocycles. The lowest BCUT2D eigenvalue weighted by Gasteiger charge is -2.33. The Labute approximate surface area is 137 Å². The van der Waals surface area contributed by atoms with E-state index in [-0.39, 0.29) is 6.04 Å². The molecule has 3 rings (SSSR count). The van der Waals surface area contributed by atoms with Gasteiger partial charge in [-0.05, 0) is 32.4 Å². The Bertz CT molecular complexity index is 671. The normalized spacial score (nSPS) is 19.1. The van der Waals surface area contributed by atoms with Gasteiger partial charge in [-0.2, -0.15) is 0 Å². The number of ether oxygens (including phenoxy) is 1. The number of hydrogen-bond acceptors (Lipinski definition) is 4. The highest BCUT2D eigenvalue weighted by molar-refractivity contribution is 5.83. The van der Waals surface area contributed by atoms with Crippen molar-refractivity contribution < 1.29 is 14.3 Å². The Balaban J connectivity index is 1.79. The molecule has 1 fully saturated rings. The van der Waals surface area contributed by atoms with Crippen LogP contribution in [0, 0.1) is 6.92 Å². The van der Waals surface area contributed by atoms with E-state index in [1.807, 2.05) is 6.07 Å². The summed E-state index contributed by atoms with van der Waals surface area (Å²) in [5.74, 6) is 0.990. The highest BCUT2D eigenvalue weighted by Crippen LogP contribution is 2.31. The molecule has 1 aromatic heterocycles. The number of nitrogens with one attached hydrogen (secondary N) is 1. The molecule has 4 heteroatoms. The molecule has 0 bridgehead atoms. The van der Waals surface area contributed by atoms with Crippen LogP contribution in [-0.4, -0.2) is 30.5 Å². The highest BCUT2D eigenvalue weighted by atomic mass is 16.5. The predicted octanol–water partition coefficient (Wildman–Crippen LogP) is 3.50. The molecule has 23 heavy (non-hydrogen) atoms. The topological polar surface area (TPSA) is 54.6 Å². The van der Waals surface area contributed by atoms with E-state index in [0.717, 1.165) is 17.8 Å². The zero-order valence-electron chi connectivity index (χ0n) is 14.3. The Kier molecular flexibility index (Phi) is 4.76. The molecule has 0 aliphatic carbocycles. The molecular formula is C19H27NO3. The van der Waals surface area contributed by atoms with Crippen LogP contribution in [0.5, 0.6) is 0 Å². The second-order valence-corrected chi connectivity index (χ2v) is 6.74. The van der Waals surface area contributed by atoms with Crippen molar-refractivity contribution in [3.8, 4) is 0 Å². The summed E-state index contributed by atoms with van der Waals surface area (Å²) in [4.78, 5) is 0. The molecule has 1 aliphatic heterocycles. The number of hydrogen-bond donors (Lipinski definition) is 2. The summed E-state index contributed by atoms with van der Waals surface area (Å²) in [6, 6.07) is 6.40. The minimum atomic E-state index is -0.665. The van der Waals surface area contributed by atoms with Crippen LogP contribution in [0.4, 0.5) is 0 Å². The summed E-state index contributed by atoms with van der Waals surface area (Å²) < 4.78 is 11.4. The van der Waals surface area contributed by atoms with Crippen LogP contribution in [0.25, 0.3) is 11.0 Å². The molecule has 126 valence electrons.